The zero-order chi connectivity index (χ0) is 10.9. The Morgan fingerprint density at radius 2 is 2.00 bits per heavy atom. The van der Waals surface area contributed by atoms with E-state index in [1.54, 1.807) is 18.5 Å². The van der Waals surface area contributed by atoms with E-state index in [0.29, 0.717) is 6.42 Å². The summed E-state index contributed by atoms with van der Waals surface area (Å²) in [6, 6.07) is 5.72. The number of pyridine rings is 1. The second-order valence-electron chi connectivity index (χ2n) is 2.87. The summed E-state index contributed by atoms with van der Waals surface area (Å²) in [5.74, 6) is -0.0133. The van der Waals surface area contributed by atoms with Crippen molar-refractivity contribution < 1.29 is 4.79 Å². The number of carbonyl (C=O) groups excluding carboxylic acids is 1. The van der Waals surface area contributed by atoms with E-state index in [4.69, 9.17) is 0 Å². The fraction of sp³-hybridized carbons (Fsp3) is 0.182. The molecular weight excluding hydrogens is 190 g/mol. The average molecular weight is 203 g/mol. The van der Waals surface area contributed by atoms with Gasteiger partial charge in [-0.05, 0) is 18.2 Å². The van der Waals surface area contributed by atoms with Crippen LogP contribution >= 0.6 is 0 Å². The van der Waals surface area contributed by atoms with Gasteiger partial charge in [-0.15, -0.1) is 0 Å². The van der Waals surface area contributed by atoms with E-state index in [2.05, 4.69) is 22.1 Å². The van der Waals surface area contributed by atoms with Crippen LogP contribution in [0.5, 0.6) is 0 Å². The molecule has 4 heteroatoms. The Morgan fingerprint density at radius 1 is 1.27 bits per heavy atom. The van der Waals surface area contributed by atoms with E-state index in [1.807, 2.05) is 18.2 Å². The molecule has 2 rings (SSSR count). The molecule has 1 amide bonds. The van der Waals surface area contributed by atoms with Gasteiger partial charge in [-0.2, -0.15) is 5.10 Å². The zero-order valence-electron chi connectivity index (χ0n) is 8.39. The average Bonchev–Trinajstić information content (AvgIpc) is 2.33. The maximum atomic E-state index is 10.5. The number of allylic oxidation sites excluding steroid dienone is 1. The first kappa shape index (κ1) is 11.1. The van der Waals surface area contributed by atoms with Crippen LogP contribution in [0, 0.1) is 0 Å². The normalized spacial score (nSPS) is 14.1. The summed E-state index contributed by atoms with van der Waals surface area (Å²) in [6.07, 6.45) is 6.40. The second kappa shape index (κ2) is 6.48. The van der Waals surface area contributed by atoms with Crippen molar-refractivity contribution in [2.24, 2.45) is 5.10 Å². The highest BCUT2D eigenvalue weighted by Gasteiger charge is 2.07. The fourth-order valence-electron chi connectivity index (χ4n) is 0.948. The quantitative estimate of drug-likeness (QED) is 0.752. The molecule has 78 valence electrons. The van der Waals surface area contributed by atoms with Gasteiger partial charge in [-0.25, -0.2) is 5.43 Å². The highest BCUT2D eigenvalue weighted by atomic mass is 16.2. The molecule has 1 aliphatic rings. The molecule has 0 aromatic carbocycles. The van der Waals surface area contributed by atoms with Crippen molar-refractivity contribution in [1.29, 1.82) is 0 Å². The lowest BCUT2D eigenvalue weighted by Gasteiger charge is -2.06. The Kier molecular flexibility index (Phi) is 4.80. The van der Waals surface area contributed by atoms with Crippen molar-refractivity contribution in [3.8, 4) is 0 Å². The molecule has 4 nitrogen and oxygen atoms in total. The highest BCUT2D eigenvalue weighted by Crippen LogP contribution is 1.98. The van der Waals surface area contributed by atoms with Crippen molar-refractivity contribution >= 4 is 11.6 Å². The molecule has 0 radical (unpaired) electrons. The molecule has 1 aromatic heterocycles. The van der Waals surface area contributed by atoms with Crippen LogP contribution in [0.3, 0.4) is 0 Å². The van der Waals surface area contributed by atoms with Gasteiger partial charge in [-0.1, -0.05) is 12.6 Å². The van der Waals surface area contributed by atoms with Gasteiger partial charge in [0.1, 0.15) is 0 Å². The highest BCUT2D eigenvalue weighted by molar-refractivity contribution is 5.99. The van der Waals surface area contributed by atoms with Crippen molar-refractivity contribution in [2.75, 3.05) is 0 Å². The summed E-state index contributed by atoms with van der Waals surface area (Å²) in [5.41, 5.74) is 3.22. The first-order valence-corrected chi connectivity index (χ1v) is 4.66. The van der Waals surface area contributed by atoms with Crippen LogP contribution in [0.2, 0.25) is 0 Å². The lowest BCUT2D eigenvalue weighted by atomic mass is 10.2. The molecular formula is C11H13N3O. The van der Waals surface area contributed by atoms with Gasteiger partial charge in [0.05, 0.1) is 5.71 Å². The van der Waals surface area contributed by atoms with Gasteiger partial charge in [0.15, 0.2) is 0 Å². The summed E-state index contributed by atoms with van der Waals surface area (Å²) in [4.78, 5) is 14.3. The standard InChI is InChI=1S/C6H8N2O.C5H5N/c1-2-5-3-4-6(9)8-7-5;1-2-4-6-5-3-1/h2H,1,3-4H2,(H,8,9);1-5H. The maximum absolute atomic E-state index is 10.5. The van der Waals surface area contributed by atoms with Crippen LogP contribution in [0.15, 0.2) is 48.3 Å². The van der Waals surface area contributed by atoms with Gasteiger partial charge in [0.2, 0.25) is 5.91 Å². The minimum Gasteiger partial charge on any atom is -0.273 e. The zero-order valence-corrected chi connectivity index (χ0v) is 8.39. The molecule has 0 bridgehead atoms. The van der Waals surface area contributed by atoms with Gasteiger partial charge >= 0.3 is 0 Å². The molecule has 0 aliphatic carbocycles. The van der Waals surface area contributed by atoms with E-state index >= 15 is 0 Å². The maximum Gasteiger partial charge on any atom is 0.240 e. The summed E-state index contributed by atoms with van der Waals surface area (Å²) in [7, 11) is 0. The molecule has 1 N–H and O–H groups in total. The fourth-order valence-corrected chi connectivity index (χ4v) is 0.948. The second-order valence-corrected chi connectivity index (χ2v) is 2.87. The van der Waals surface area contributed by atoms with Crippen molar-refractivity contribution in [2.45, 2.75) is 12.8 Å². The van der Waals surface area contributed by atoms with Crippen molar-refractivity contribution in [1.82, 2.24) is 10.4 Å². The molecule has 15 heavy (non-hydrogen) atoms. The molecule has 0 saturated carbocycles. The number of hydrogen-bond donors (Lipinski definition) is 1. The third kappa shape index (κ3) is 4.71. The van der Waals surface area contributed by atoms with Crippen LogP contribution in [0.4, 0.5) is 0 Å². The van der Waals surface area contributed by atoms with Crippen LogP contribution < -0.4 is 5.43 Å². The monoisotopic (exact) mass is 203 g/mol. The molecule has 0 atom stereocenters. The van der Waals surface area contributed by atoms with Gasteiger partial charge < -0.3 is 0 Å². The summed E-state index contributed by atoms with van der Waals surface area (Å²) in [5, 5.41) is 3.73. The predicted octanol–water partition coefficient (Wildman–Crippen LogP) is 1.52. The minimum absolute atomic E-state index is 0.0133. The molecule has 0 spiro atoms. The Balaban J connectivity index is 0.000000162. The third-order valence-corrected chi connectivity index (χ3v) is 1.73. The Morgan fingerprint density at radius 3 is 2.33 bits per heavy atom. The van der Waals surface area contributed by atoms with Gasteiger partial charge in [0.25, 0.3) is 0 Å². The number of rotatable bonds is 1. The van der Waals surface area contributed by atoms with Gasteiger partial charge in [0, 0.05) is 25.2 Å². The number of nitrogens with zero attached hydrogens (tertiary/aromatic N) is 2. The minimum atomic E-state index is -0.0133. The number of aromatic nitrogens is 1. The molecule has 0 unspecified atom stereocenters. The predicted molar refractivity (Wildman–Crippen MR) is 59.2 cm³/mol. The van der Waals surface area contributed by atoms with E-state index in [-0.39, 0.29) is 5.91 Å². The van der Waals surface area contributed by atoms with E-state index in [1.165, 1.54) is 0 Å². The van der Waals surface area contributed by atoms with E-state index in [9.17, 15) is 4.79 Å². The topological polar surface area (TPSA) is 54.4 Å². The van der Waals surface area contributed by atoms with Crippen molar-refractivity contribution in [3.05, 3.63) is 43.2 Å². The lowest BCUT2D eigenvalue weighted by molar-refractivity contribution is -0.121. The molecule has 0 saturated heterocycles. The molecule has 1 aliphatic heterocycles. The summed E-state index contributed by atoms with van der Waals surface area (Å²) in [6.45, 7) is 3.53. The molecule has 0 fully saturated rings. The summed E-state index contributed by atoms with van der Waals surface area (Å²) >= 11 is 0. The molecule has 1 aromatic rings. The van der Waals surface area contributed by atoms with Crippen LogP contribution in [-0.2, 0) is 4.79 Å². The smallest absolute Gasteiger partial charge is 0.240 e. The number of hydrazone groups is 1. The Labute approximate surface area is 88.7 Å². The van der Waals surface area contributed by atoms with Crippen LogP contribution in [0.1, 0.15) is 12.8 Å². The van der Waals surface area contributed by atoms with Crippen molar-refractivity contribution in [3.63, 3.8) is 0 Å². The number of amides is 1. The Bertz CT molecular complexity index is 319. The number of carbonyl (C=O) groups is 1. The lowest BCUT2D eigenvalue weighted by Crippen LogP contribution is -2.24. The first-order chi connectivity index (χ1) is 7.33. The SMILES string of the molecule is C=CC1=NNC(=O)CC1.c1ccncc1. The largest absolute Gasteiger partial charge is 0.273 e. The first-order valence-electron chi connectivity index (χ1n) is 4.66. The number of nitrogens with one attached hydrogen (secondary N) is 1. The van der Waals surface area contributed by atoms with Crippen LogP contribution in [-0.4, -0.2) is 16.6 Å². The van der Waals surface area contributed by atoms with Gasteiger partial charge in [-0.3, -0.25) is 9.78 Å². The van der Waals surface area contributed by atoms with E-state index < -0.39 is 0 Å². The number of hydrogen-bond acceptors (Lipinski definition) is 3. The van der Waals surface area contributed by atoms with Crippen LogP contribution in [0.25, 0.3) is 0 Å². The van der Waals surface area contributed by atoms with E-state index in [0.717, 1.165) is 12.1 Å². The third-order valence-electron chi connectivity index (χ3n) is 1.73. The Hall–Kier alpha value is -1.97. The summed E-state index contributed by atoms with van der Waals surface area (Å²) < 4.78 is 0. The molecule has 2 heterocycles.